The predicted octanol–water partition coefficient (Wildman–Crippen LogP) is 3.14. The Morgan fingerprint density at radius 2 is 2.33 bits per heavy atom. The number of aromatic nitrogens is 2. The summed E-state index contributed by atoms with van der Waals surface area (Å²) in [7, 11) is 0. The van der Waals surface area contributed by atoms with Gasteiger partial charge in [-0.3, -0.25) is 0 Å². The zero-order valence-electron chi connectivity index (χ0n) is 9.43. The van der Waals surface area contributed by atoms with Crippen LogP contribution in [-0.4, -0.2) is 9.55 Å². The van der Waals surface area contributed by atoms with Gasteiger partial charge in [-0.2, -0.15) is 0 Å². The van der Waals surface area contributed by atoms with Gasteiger partial charge >= 0.3 is 0 Å². The van der Waals surface area contributed by atoms with Crippen molar-refractivity contribution in [1.82, 2.24) is 9.55 Å². The molecular weight excluding hydrogens is 184 g/mol. The second kappa shape index (κ2) is 4.47. The highest BCUT2D eigenvalue weighted by Crippen LogP contribution is 2.19. The molecule has 0 bridgehead atoms. The Balaban J connectivity index is 2.07. The van der Waals surface area contributed by atoms with E-state index in [1.54, 1.807) is 0 Å². The molecule has 1 aromatic heterocycles. The number of imidazole rings is 1. The molecule has 80 valence electrons. The van der Waals surface area contributed by atoms with E-state index in [4.69, 9.17) is 0 Å². The number of hydrogen-bond donors (Lipinski definition) is 0. The quantitative estimate of drug-likeness (QED) is 0.736. The lowest BCUT2D eigenvalue weighted by Crippen LogP contribution is -2.09. The molecule has 0 saturated carbocycles. The van der Waals surface area contributed by atoms with E-state index in [2.05, 4.69) is 47.7 Å². The van der Waals surface area contributed by atoms with Gasteiger partial charge in [-0.15, -0.1) is 0 Å². The van der Waals surface area contributed by atoms with E-state index < -0.39 is 0 Å². The van der Waals surface area contributed by atoms with Crippen molar-refractivity contribution in [3.8, 4) is 0 Å². The molecule has 0 fully saturated rings. The molecular formula is C13H18N2. The standard InChI is InChI=1S/C13H18N2/c1-11(2)15-10-14-9-13(15)8-12-6-4-3-5-7-12/h3-6,9-12H,7-8H2,1-2H3. The SMILES string of the molecule is CC(C)n1cncc1CC1C=CC=CC1. The summed E-state index contributed by atoms with van der Waals surface area (Å²) >= 11 is 0. The highest BCUT2D eigenvalue weighted by molar-refractivity contribution is 5.14. The summed E-state index contributed by atoms with van der Waals surface area (Å²) in [6.07, 6.45) is 15.0. The normalized spacial score (nSPS) is 20.1. The number of hydrogen-bond acceptors (Lipinski definition) is 1. The molecule has 0 radical (unpaired) electrons. The Labute approximate surface area is 91.3 Å². The van der Waals surface area contributed by atoms with Gasteiger partial charge < -0.3 is 4.57 Å². The highest BCUT2D eigenvalue weighted by atomic mass is 15.1. The van der Waals surface area contributed by atoms with Crippen molar-refractivity contribution in [3.63, 3.8) is 0 Å². The van der Waals surface area contributed by atoms with Crippen LogP contribution in [0.3, 0.4) is 0 Å². The lowest BCUT2D eigenvalue weighted by molar-refractivity contribution is 0.542. The zero-order chi connectivity index (χ0) is 10.7. The van der Waals surface area contributed by atoms with Crippen molar-refractivity contribution in [2.75, 3.05) is 0 Å². The van der Waals surface area contributed by atoms with Crippen LogP contribution < -0.4 is 0 Å². The van der Waals surface area contributed by atoms with Crippen LogP contribution in [0.15, 0.2) is 36.8 Å². The Kier molecular flexibility index (Phi) is 3.05. The van der Waals surface area contributed by atoms with Crippen molar-refractivity contribution >= 4 is 0 Å². The largest absolute Gasteiger partial charge is 0.332 e. The number of nitrogens with zero attached hydrogens (tertiary/aromatic N) is 2. The average molecular weight is 202 g/mol. The number of rotatable bonds is 3. The third-order valence-electron chi connectivity index (χ3n) is 2.84. The molecule has 1 unspecified atom stereocenters. The first-order valence-electron chi connectivity index (χ1n) is 5.61. The smallest absolute Gasteiger partial charge is 0.0950 e. The first kappa shape index (κ1) is 10.2. The van der Waals surface area contributed by atoms with Gasteiger partial charge in [0.1, 0.15) is 0 Å². The molecule has 1 aliphatic carbocycles. The summed E-state index contributed by atoms with van der Waals surface area (Å²) in [5.74, 6) is 0.643. The molecule has 1 aliphatic rings. The molecule has 0 spiro atoms. The molecule has 2 nitrogen and oxygen atoms in total. The minimum absolute atomic E-state index is 0.505. The highest BCUT2D eigenvalue weighted by Gasteiger charge is 2.11. The van der Waals surface area contributed by atoms with Gasteiger partial charge in [-0.1, -0.05) is 24.3 Å². The molecule has 0 aliphatic heterocycles. The van der Waals surface area contributed by atoms with Gasteiger partial charge in [-0.05, 0) is 32.6 Å². The van der Waals surface area contributed by atoms with Crippen LogP contribution in [0.2, 0.25) is 0 Å². The minimum Gasteiger partial charge on any atom is -0.332 e. The molecule has 0 saturated heterocycles. The third kappa shape index (κ3) is 2.38. The predicted molar refractivity (Wildman–Crippen MR) is 62.7 cm³/mol. The van der Waals surface area contributed by atoms with Crippen LogP contribution in [0.25, 0.3) is 0 Å². The van der Waals surface area contributed by atoms with Gasteiger partial charge in [0, 0.05) is 17.9 Å². The fraction of sp³-hybridized carbons (Fsp3) is 0.462. The minimum atomic E-state index is 0.505. The summed E-state index contributed by atoms with van der Waals surface area (Å²) in [6.45, 7) is 4.39. The second-order valence-corrected chi connectivity index (χ2v) is 4.40. The molecule has 2 heteroatoms. The monoisotopic (exact) mass is 202 g/mol. The molecule has 1 atom stereocenters. The molecule has 15 heavy (non-hydrogen) atoms. The average Bonchev–Trinajstić information content (AvgIpc) is 2.67. The van der Waals surface area contributed by atoms with E-state index in [1.165, 1.54) is 5.69 Å². The fourth-order valence-electron chi connectivity index (χ4n) is 2.01. The Morgan fingerprint density at radius 1 is 1.47 bits per heavy atom. The van der Waals surface area contributed by atoms with Crippen LogP contribution in [0.5, 0.6) is 0 Å². The van der Waals surface area contributed by atoms with Crippen molar-refractivity contribution in [1.29, 1.82) is 0 Å². The van der Waals surface area contributed by atoms with Gasteiger partial charge in [0.05, 0.1) is 6.33 Å². The fourth-order valence-corrected chi connectivity index (χ4v) is 2.01. The maximum Gasteiger partial charge on any atom is 0.0950 e. The van der Waals surface area contributed by atoms with Crippen molar-refractivity contribution < 1.29 is 0 Å². The second-order valence-electron chi connectivity index (χ2n) is 4.40. The molecule has 1 aromatic rings. The van der Waals surface area contributed by atoms with E-state index in [0.29, 0.717) is 12.0 Å². The number of allylic oxidation sites excluding steroid dienone is 4. The molecule has 2 rings (SSSR count). The molecule has 0 N–H and O–H groups in total. The van der Waals surface area contributed by atoms with E-state index in [-0.39, 0.29) is 0 Å². The Morgan fingerprint density at radius 3 is 3.00 bits per heavy atom. The first-order chi connectivity index (χ1) is 7.27. The summed E-state index contributed by atoms with van der Waals surface area (Å²) in [5, 5.41) is 0. The van der Waals surface area contributed by atoms with Crippen LogP contribution >= 0.6 is 0 Å². The summed E-state index contributed by atoms with van der Waals surface area (Å²) in [5.41, 5.74) is 1.34. The van der Waals surface area contributed by atoms with E-state index in [1.807, 2.05) is 12.5 Å². The van der Waals surface area contributed by atoms with Crippen LogP contribution in [0.1, 0.15) is 32.0 Å². The van der Waals surface area contributed by atoms with Gasteiger partial charge in [0.15, 0.2) is 0 Å². The van der Waals surface area contributed by atoms with Gasteiger partial charge in [0.25, 0.3) is 0 Å². The van der Waals surface area contributed by atoms with Crippen LogP contribution in [-0.2, 0) is 6.42 Å². The first-order valence-corrected chi connectivity index (χ1v) is 5.61. The summed E-state index contributed by atoms with van der Waals surface area (Å²) in [4.78, 5) is 4.23. The van der Waals surface area contributed by atoms with E-state index in [0.717, 1.165) is 12.8 Å². The molecule has 0 amide bonds. The summed E-state index contributed by atoms with van der Waals surface area (Å²) < 4.78 is 2.26. The van der Waals surface area contributed by atoms with E-state index >= 15 is 0 Å². The van der Waals surface area contributed by atoms with Crippen molar-refractivity contribution in [3.05, 3.63) is 42.5 Å². The van der Waals surface area contributed by atoms with E-state index in [9.17, 15) is 0 Å². The third-order valence-corrected chi connectivity index (χ3v) is 2.84. The lowest BCUT2D eigenvalue weighted by atomic mass is 9.96. The van der Waals surface area contributed by atoms with Crippen LogP contribution in [0.4, 0.5) is 0 Å². The maximum absolute atomic E-state index is 4.23. The lowest BCUT2D eigenvalue weighted by Gasteiger charge is -2.16. The Hall–Kier alpha value is -1.31. The topological polar surface area (TPSA) is 17.8 Å². The van der Waals surface area contributed by atoms with Crippen LogP contribution in [0, 0.1) is 5.92 Å². The Bertz CT molecular complexity index is 372. The van der Waals surface area contributed by atoms with Gasteiger partial charge in [0.2, 0.25) is 0 Å². The summed E-state index contributed by atoms with van der Waals surface area (Å²) in [6, 6.07) is 0.505. The molecule has 0 aromatic carbocycles. The van der Waals surface area contributed by atoms with Crippen molar-refractivity contribution in [2.45, 2.75) is 32.7 Å². The van der Waals surface area contributed by atoms with Crippen molar-refractivity contribution in [2.24, 2.45) is 5.92 Å². The maximum atomic E-state index is 4.23. The molecule has 1 heterocycles. The zero-order valence-corrected chi connectivity index (χ0v) is 9.43. The van der Waals surface area contributed by atoms with Gasteiger partial charge in [-0.25, -0.2) is 4.98 Å².